The second-order valence-electron chi connectivity index (χ2n) is 12.7. The first-order chi connectivity index (χ1) is 23.2. The Morgan fingerprint density at radius 1 is 0.787 bits per heavy atom. The van der Waals surface area contributed by atoms with Gasteiger partial charge in [-0.3, -0.25) is 0 Å². The van der Waals surface area contributed by atoms with Crippen LogP contribution >= 0.6 is 11.3 Å². The molecule has 1 radical (unpaired) electrons. The summed E-state index contributed by atoms with van der Waals surface area (Å²) in [6, 6.07) is 33.1. The third-order valence-electron chi connectivity index (χ3n) is 8.11. The summed E-state index contributed by atoms with van der Waals surface area (Å²) in [5, 5.41) is 3.30. The molecule has 7 rings (SSSR count). The van der Waals surface area contributed by atoms with Gasteiger partial charge < -0.3 is 9.97 Å². The number of rotatable bonds is 4. The number of benzene rings is 4. The van der Waals surface area contributed by atoms with Crippen molar-refractivity contribution in [3.05, 3.63) is 138 Å². The Kier molecular flexibility index (Phi) is 9.18. The molecule has 0 aliphatic rings. The molecule has 0 saturated carbocycles. The smallest absolute Gasteiger partial charge is 0.140 e. The monoisotopic (exact) mass is 832 g/mol. The van der Waals surface area contributed by atoms with Crippen molar-refractivity contribution in [2.45, 2.75) is 47.3 Å². The first-order valence-corrected chi connectivity index (χ1v) is 19.6. The van der Waals surface area contributed by atoms with Gasteiger partial charge in [0.15, 0.2) is 0 Å². The second kappa shape index (κ2) is 14.1. The van der Waals surface area contributed by atoms with Crippen molar-refractivity contribution in [3.8, 4) is 33.6 Å². The zero-order chi connectivity index (χ0) is 35.1. The van der Waals surface area contributed by atoms with Gasteiger partial charge in [-0.25, -0.2) is 4.39 Å². The average molecular weight is 832 g/mol. The Bertz CT molecular complexity index is 2220. The zero-order valence-electron chi connectivity index (χ0n) is 30.3. The molecule has 0 aliphatic carbocycles. The van der Waals surface area contributed by atoms with E-state index in [0.29, 0.717) is 10.3 Å². The van der Waals surface area contributed by atoms with Crippen LogP contribution in [0.3, 0.4) is 0 Å². The molecule has 2 nitrogen and oxygen atoms in total. The predicted octanol–water partition coefficient (Wildman–Crippen LogP) is 11.0. The molecule has 0 N–H and O–H groups in total. The molecule has 3 aromatic heterocycles. The molecule has 0 bridgehead atoms. The standard InChI is InChI=1S/C26H19FNS.C15H18NSi.Ir/c1-15-12-16(2)24(17(3)13-15)18-10-11-28-23(14-18)21-8-4-6-19-20-7-5-9-22(27)26(20)29-25(19)21;1-12-5-7-13(8-6-12)15-10-9-14(11-16-15)17(2,3)4;/h4-7,9-14H,1-3H3;5-7,9-11H,1-4H3;/q2*-1;/i;1D3;. The molecule has 0 atom stereocenters. The van der Waals surface area contributed by atoms with E-state index in [9.17, 15) is 4.39 Å². The quantitative estimate of drug-likeness (QED) is 0.130. The summed E-state index contributed by atoms with van der Waals surface area (Å²) in [5.41, 5.74) is 9.90. The van der Waals surface area contributed by atoms with Crippen molar-refractivity contribution in [2.75, 3.05) is 0 Å². The summed E-state index contributed by atoms with van der Waals surface area (Å²) in [7, 11) is -1.34. The Hall–Kier alpha value is -3.80. The third kappa shape index (κ3) is 7.37. The van der Waals surface area contributed by atoms with E-state index < -0.39 is 14.9 Å². The van der Waals surface area contributed by atoms with Gasteiger partial charge in [-0.05, 0) is 81.8 Å². The van der Waals surface area contributed by atoms with Crippen LogP contribution in [0.1, 0.15) is 26.4 Å². The molecule has 0 unspecified atom stereocenters. The van der Waals surface area contributed by atoms with Crippen molar-refractivity contribution >= 4 is 44.8 Å². The number of thiophene rings is 1. The topological polar surface area (TPSA) is 25.8 Å². The van der Waals surface area contributed by atoms with Gasteiger partial charge in [0.25, 0.3) is 0 Å². The molecule has 7 aromatic rings. The molecule has 3 heterocycles. The largest absolute Gasteiger partial charge is 0.305 e. The fourth-order valence-electron chi connectivity index (χ4n) is 5.86. The fraction of sp³-hybridized carbons (Fsp3) is 0.171. The zero-order valence-corrected chi connectivity index (χ0v) is 31.5. The third-order valence-corrected chi connectivity index (χ3v) is 11.4. The van der Waals surface area contributed by atoms with Gasteiger partial charge in [0.2, 0.25) is 0 Å². The van der Waals surface area contributed by atoms with Crippen LogP contribution in [0.15, 0.2) is 97.3 Å². The van der Waals surface area contributed by atoms with Gasteiger partial charge >= 0.3 is 0 Å². The van der Waals surface area contributed by atoms with Crippen molar-refractivity contribution in [1.29, 1.82) is 0 Å². The molecule has 6 heteroatoms. The number of halogens is 1. The van der Waals surface area contributed by atoms with Gasteiger partial charge in [0.1, 0.15) is 5.82 Å². The van der Waals surface area contributed by atoms with Crippen LogP contribution in [0.5, 0.6) is 0 Å². The first kappa shape index (κ1) is 30.5. The van der Waals surface area contributed by atoms with Crippen molar-refractivity contribution in [1.82, 2.24) is 9.97 Å². The Balaban J connectivity index is 0.000000204. The van der Waals surface area contributed by atoms with Crippen molar-refractivity contribution in [2.24, 2.45) is 0 Å². The number of aromatic nitrogens is 2. The van der Waals surface area contributed by atoms with E-state index in [1.807, 2.05) is 36.7 Å². The first-order valence-electron chi connectivity index (χ1n) is 16.8. The SMILES string of the molecule is Cc1cc(C)c(-c2ccnc(-c3[c-]ccc4c3sc3c(F)cccc34)c2)c(C)c1.[2H]C([2H])([2H])c1c[c-]c(-c2ccc([Si](C)(C)C)cn2)cc1.[Ir]. The van der Waals surface area contributed by atoms with Gasteiger partial charge in [0, 0.05) is 36.6 Å². The molecule has 239 valence electrons. The maximum atomic E-state index is 14.4. The Morgan fingerprint density at radius 3 is 2.21 bits per heavy atom. The molecule has 0 amide bonds. The van der Waals surface area contributed by atoms with E-state index in [-0.39, 0.29) is 25.9 Å². The number of aryl methyl sites for hydroxylation is 4. The van der Waals surface area contributed by atoms with E-state index >= 15 is 0 Å². The Morgan fingerprint density at radius 2 is 1.55 bits per heavy atom. The number of hydrogen-bond acceptors (Lipinski definition) is 3. The number of fused-ring (bicyclic) bond motifs is 3. The molecular formula is C41H37FIrN2SSi-2. The molecule has 4 aromatic carbocycles. The number of pyridine rings is 2. The summed E-state index contributed by atoms with van der Waals surface area (Å²) in [5.74, 6) is -0.178. The molecule has 0 aliphatic heterocycles. The van der Waals surface area contributed by atoms with Crippen LogP contribution in [0, 0.1) is 45.6 Å². The van der Waals surface area contributed by atoms with Crippen LogP contribution in [-0.4, -0.2) is 18.0 Å². The van der Waals surface area contributed by atoms with Gasteiger partial charge in [0.05, 0.1) is 12.8 Å². The minimum atomic E-state index is -2.08. The van der Waals surface area contributed by atoms with Crippen LogP contribution < -0.4 is 5.19 Å². The normalized spacial score (nSPS) is 12.4. The van der Waals surface area contributed by atoms with Crippen LogP contribution in [0.2, 0.25) is 19.6 Å². The van der Waals surface area contributed by atoms with E-state index in [1.54, 1.807) is 18.2 Å². The molecule has 0 fully saturated rings. The van der Waals surface area contributed by atoms with Gasteiger partial charge in [-0.15, -0.1) is 59.2 Å². The summed E-state index contributed by atoms with van der Waals surface area (Å²) in [6.45, 7) is 11.2. The maximum absolute atomic E-state index is 14.4. The van der Waals surface area contributed by atoms with Crippen molar-refractivity contribution < 1.29 is 28.6 Å². The van der Waals surface area contributed by atoms with Crippen LogP contribution in [-0.2, 0) is 20.1 Å². The summed E-state index contributed by atoms with van der Waals surface area (Å²) in [4.78, 5) is 9.11. The van der Waals surface area contributed by atoms with E-state index in [2.05, 4.69) is 92.8 Å². The average Bonchev–Trinajstić information content (AvgIpc) is 3.44. The maximum Gasteiger partial charge on any atom is 0.140 e. The van der Waals surface area contributed by atoms with E-state index in [4.69, 9.17) is 4.11 Å². The molecule has 47 heavy (non-hydrogen) atoms. The minimum Gasteiger partial charge on any atom is -0.305 e. The molecule has 0 spiro atoms. The van der Waals surface area contributed by atoms with E-state index in [0.717, 1.165) is 43.6 Å². The molecular weight excluding hydrogens is 792 g/mol. The Labute approximate surface area is 300 Å². The fourth-order valence-corrected chi connectivity index (χ4v) is 8.10. The summed E-state index contributed by atoms with van der Waals surface area (Å²) in [6.07, 6.45) is 3.77. The number of hydrogen-bond donors (Lipinski definition) is 0. The van der Waals surface area contributed by atoms with Crippen molar-refractivity contribution in [3.63, 3.8) is 0 Å². The van der Waals surface area contributed by atoms with Crippen LogP contribution in [0.25, 0.3) is 53.8 Å². The van der Waals surface area contributed by atoms with Gasteiger partial charge in [-0.2, -0.15) is 11.3 Å². The van der Waals surface area contributed by atoms with E-state index in [1.165, 1.54) is 50.9 Å². The van der Waals surface area contributed by atoms with Crippen LogP contribution in [0.4, 0.5) is 4.39 Å². The number of nitrogens with zero attached hydrogens (tertiary/aromatic N) is 2. The minimum absolute atomic E-state index is 0. The van der Waals surface area contributed by atoms with Gasteiger partial charge in [-0.1, -0.05) is 79.9 Å². The predicted molar refractivity (Wildman–Crippen MR) is 197 cm³/mol. The summed E-state index contributed by atoms with van der Waals surface area (Å²) >= 11 is 1.47. The second-order valence-corrected chi connectivity index (χ2v) is 18.8. The summed E-state index contributed by atoms with van der Waals surface area (Å²) < 4.78 is 38.1. The molecule has 0 saturated heterocycles.